The fourth-order valence-corrected chi connectivity index (χ4v) is 3.27. The van der Waals surface area contributed by atoms with Crippen LogP contribution in [0.5, 0.6) is 5.88 Å². The van der Waals surface area contributed by atoms with Crippen LogP contribution in [0.4, 0.5) is 5.82 Å². The summed E-state index contributed by atoms with van der Waals surface area (Å²) >= 11 is 0. The van der Waals surface area contributed by atoms with Gasteiger partial charge in [0.25, 0.3) is 0 Å². The number of nitrogens with zero attached hydrogens (tertiary/aromatic N) is 4. The Kier molecular flexibility index (Phi) is 6.35. The summed E-state index contributed by atoms with van der Waals surface area (Å²) in [6.07, 6.45) is 3.65. The summed E-state index contributed by atoms with van der Waals surface area (Å²) in [5, 5.41) is 0.977. The van der Waals surface area contributed by atoms with Gasteiger partial charge in [-0.05, 0) is 39.2 Å². The molecule has 0 N–H and O–H groups in total. The monoisotopic (exact) mass is 330 g/mol. The number of hydrogen-bond acceptors (Lipinski definition) is 5. The van der Waals surface area contributed by atoms with Gasteiger partial charge in [0, 0.05) is 12.2 Å². The number of ether oxygens (including phenoxy) is 1. The van der Waals surface area contributed by atoms with Gasteiger partial charge < -0.3 is 9.64 Å². The van der Waals surface area contributed by atoms with Crippen molar-refractivity contribution in [1.29, 1.82) is 0 Å². The Morgan fingerprint density at radius 3 is 2.54 bits per heavy atom. The van der Waals surface area contributed by atoms with E-state index in [2.05, 4.69) is 14.9 Å². The third-order valence-corrected chi connectivity index (χ3v) is 4.18. The summed E-state index contributed by atoms with van der Waals surface area (Å²) in [4.78, 5) is 16.2. The Hall–Kier alpha value is -1.91. The molecule has 0 spiro atoms. The quantitative estimate of drug-likeness (QED) is 0.714. The summed E-state index contributed by atoms with van der Waals surface area (Å²) < 4.78 is 5.98. The van der Waals surface area contributed by atoms with E-state index >= 15 is 0 Å². The van der Waals surface area contributed by atoms with Crippen molar-refractivity contribution >= 4 is 16.7 Å². The molecule has 2 aromatic heterocycles. The van der Waals surface area contributed by atoms with Gasteiger partial charge in [-0.1, -0.05) is 27.7 Å². The molecule has 1 atom stereocenters. The molecule has 0 bridgehead atoms. The molecule has 1 fully saturated rings. The molecule has 0 amide bonds. The van der Waals surface area contributed by atoms with Crippen LogP contribution >= 0.6 is 0 Å². The number of pyridine rings is 1. The first-order valence-corrected chi connectivity index (χ1v) is 9.28. The topological polar surface area (TPSA) is 51.1 Å². The molecule has 4 heterocycles. The van der Waals surface area contributed by atoms with Crippen molar-refractivity contribution in [1.82, 2.24) is 15.0 Å². The van der Waals surface area contributed by atoms with Crippen molar-refractivity contribution in [2.24, 2.45) is 0 Å². The minimum absolute atomic E-state index is 0.413. The largest absolute Gasteiger partial charge is 0.475 e. The van der Waals surface area contributed by atoms with Crippen molar-refractivity contribution in [2.45, 2.75) is 66.8 Å². The van der Waals surface area contributed by atoms with Gasteiger partial charge in [-0.2, -0.15) is 0 Å². The number of piperidine rings is 1. The van der Waals surface area contributed by atoms with Crippen LogP contribution < -0.4 is 9.64 Å². The van der Waals surface area contributed by atoms with E-state index < -0.39 is 0 Å². The van der Waals surface area contributed by atoms with Crippen molar-refractivity contribution in [3.05, 3.63) is 17.6 Å². The number of anilines is 1. The maximum Gasteiger partial charge on any atom is 0.227 e. The molecule has 132 valence electrons. The Balaban J connectivity index is 0.000000487. The highest BCUT2D eigenvalue weighted by Gasteiger charge is 2.30. The minimum atomic E-state index is 0.413. The van der Waals surface area contributed by atoms with E-state index in [9.17, 15) is 0 Å². The van der Waals surface area contributed by atoms with Gasteiger partial charge in [0.15, 0.2) is 0 Å². The summed E-state index contributed by atoms with van der Waals surface area (Å²) in [6, 6.07) is 2.43. The number of aryl methyl sites for hydroxylation is 2. The zero-order valence-corrected chi connectivity index (χ0v) is 15.9. The van der Waals surface area contributed by atoms with Gasteiger partial charge in [0.2, 0.25) is 5.88 Å². The lowest BCUT2D eigenvalue weighted by molar-refractivity contribution is 0.259. The van der Waals surface area contributed by atoms with E-state index in [1.807, 2.05) is 47.6 Å². The first-order chi connectivity index (χ1) is 11.7. The molecule has 2 aliphatic rings. The zero-order valence-electron chi connectivity index (χ0n) is 15.9. The van der Waals surface area contributed by atoms with Crippen LogP contribution in [0.25, 0.3) is 10.9 Å². The van der Waals surface area contributed by atoms with E-state index in [0.29, 0.717) is 18.5 Å². The third-order valence-electron chi connectivity index (χ3n) is 4.18. The standard InChI is InChI=1S/C15H18N4O.2C2H6/c1-9-7-12-13-14(18-10(2)17-12)19-6-4-3-5-11(19)8-20-15(13)16-9;2*1-2/h7,11H,3-6,8H2,1-2H3;2*1-2H3. The molecular weight excluding hydrogens is 300 g/mol. The van der Waals surface area contributed by atoms with Gasteiger partial charge in [-0.25, -0.2) is 15.0 Å². The molecule has 2 aliphatic heterocycles. The lowest BCUT2D eigenvalue weighted by Gasteiger charge is -2.34. The first kappa shape index (κ1) is 18.4. The third kappa shape index (κ3) is 3.45. The SMILES string of the molecule is CC.CC.Cc1cc2nc(C)nc3c2c(n1)OCC1CCCCN31. The van der Waals surface area contributed by atoms with E-state index in [1.54, 1.807) is 0 Å². The number of rotatable bonds is 0. The molecule has 5 heteroatoms. The van der Waals surface area contributed by atoms with Gasteiger partial charge in [-0.15, -0.1) is 0 Å². The Labute approximate surface area is 145 Å². The van der Waals surface area contributed by atoms with Crippen LogP contribution in [0.3, 0.4) is 0 Å². The fraction of sp³-hybridized carbons (Fsp3) is 0.632. The van der Waals surface area contributed by atoms with Crippen molar-refractivity contribution < 1.29 is 4.74 Å². The predicted molar refractivity (Wildman–Crippen MR) is 100.0 cm³/mol. The van der Waals surface area contributed by atoms with Crippen LogP contribution in [-0.2, 0) is 0 Å². The Morgan fingerprint density at radius 1 is 1.04 bits per heavy atom. The Bertz CT molecular complexity index is 681. The molecule has 0 aromatic carbocycles. The van der Waals surface area contributed by atoms with E-state index in [0.717, 1.165) is 41.2 Å². The van der Waals surface area contributed by atoms with E-state index in [1.165, 1.54) is 12.8 Å². The predicted octanol–water partition coefficient (Wildman–Crippen LogP) is 4.45. The van der Waals surface area contributed by atoms with Crippen LogP contribution in [0.2, 0.25) is 0 Å². The summed E-state index contributed by atoms with van der Waals surface area (Å²) in [5.74, 6) is 2.52. The molecule has 4 rings (SSSR count). The van der Waals surface area contributed by atoms with Gasteiger partial charge >= 0.3 is 0 Å². The maximum absolute atomic E-state index is 5.98. The molecular formula is C19H30N4O. The van der Waals surface area contributed by atoms with Gasteiger partial charge in [-0.3, -0.25) is 0 Å². The van der Waals surface area contributed by atoms with Gasteiger partial charge in [0.05, 0.1) is 11.6 Å². The zero-order chi connectivity index (χ0) is 17.7. The maximum atomic E-state index is 5.98. The summed E-state index contributed by atoms with van der Waals surface area (Å²) in [7, 11) is 0. The smallest absolute Gasteiger partial charge is 0.227 e. The summed E-state index contributed by atoms with van der Waals surface area (Å²) in [6.45, 7) is 13.7. The average Bonchev–Trinajstić information content (AvgIpc) is 2.76. The molecule has 1 unspecified atom stereocenters. The highest BCUT2D eigenvalue weighted by atomic mass is 16.5. The summed E-state index contributed by atoms with van der Waals surface area (Å²) in [5.41, 5.74) is 1.89. The van der Waals surface area contributed by atoms with Crippen LogP contribution in [0.15, 0.2) is 6.07 Å². The lowest BCUT2D eigenvalue weighted by Crippen LogP contribution is -2.42. The molecule has 1 saturated heterocycles. The van der Waals surface area contributed by atoms with Crippen molar-refractivity contribution in [3.63, 3.8) is 0 Å². The first-order valence-electron chi connectivity index (χ1n) is 9.28. The normalized spacial score (nSPS) is 18.2. The second-order valence-corrected chi connectivity index (χ2v) is 5.71. The second-order valence-electron chi connectivity index (χ2n) is 5.71. The van der Waals surface area contributed by atoms with E-state index in [4.69, 9.17) is 9.72 Å². The van der Waals surface area contributed by atoms with Crippen LogP contribution in [0.1, 0.15) is 58.5 Å². The van der Waals surface area contributed by atoms with Crippen LogP contribution in [-0.4, -0.2) is 34.1 Å². The average molecular weight is 330 g/mol. The van der Waals surface area contributed by atoms with Crippen molar-refractivity contribution in [2.75, 3.05) is 18.1 Å². The Morgan fingerprint density at radius 2 is 1.79 bits per heavy atom. The number of aromatic nitrogens is 3. The minimum Gasteiger partial charge on any atom is -0.475 e. The molecule has 2 aromatic rings. The van der Waals surface area contributed by atoms with Gasteiger partial charge in [0.1, 0.15) is 23.6 Å². The number of hydrogen-bond donors (Lipinski definition) is 0. The molecule has 24 heavy (non-hydrogen) atoms. The highest BCUT2D eigenvalue weighted by molar-refractivity contribution is 5.94. The molecule has 0 aliphatic carbocycles. The molecule has 0 saturated carbocycles. The van der Waals surface area contributed by atoms with Crippen LogP contribution in [0, 0.1) is 13.8 Å². The second kappa shape index (κ2) is 8.27. The highest BCUT2D eigenvalue weighted by Crippen LogP contribution is 2.37. The fourth-order valence-electron chi connectivity index (χ4n) is 3.27. The van der Waals surface area contributed by atoms with E-state index in [-0.39, 0.29) is 0 Å². The molecule has 5 nitrogen and oxygen atoms in total. The molecule has 0 radical (unpaired) electrons. The van der Waals surface area contributed by atoms with Crippen molar-refractivity contribution in [3.8, 4) is 5.88 Å². The lowest BCUT2D eigenvalue weighted by atomic mass is 10.0. The number of fused-ring (bicyclic) bond motifs is 2.